The summed E-state index contributed by atoms with van der Waals surface area (Å²) < 4.78 is 4.67. The lowest BCUT2D eigenvalue weighted by Gasteiger charge is -2.31. The molecule has 1 atom stereocenters. The topological polar surface area (TPSA) is 54.2 Å². The molecule has 78 valence electrons. The first kappa shape index (κ1) is 9.61. The number of aromatic nitrogens is 2. The van der Waals surface area contributed by atoms with E-state index in [-0.39, 0.29) is 0 Å². The molecule has 1 fully saturated rings. The van der Waals surface area contributed by atoms with Crippen LogP contribution in [0, 0.1) is 6.92 Å². The Balaban J connectivity index is 1.94. The van der Waals surface area contributed by atoms with Crippen LogP contribution in [0.1, 0.15) is 18.3 Å². The van der Waals surface area contributed by atoms with E-state index in [0.29, 0.717) is 6.04 Å². The largest absolute Gasteiger partial charge is 0.312 e. The molecule has 0 unspecified atom stereocenters. The molecule has 0 radical (unpaired) electrons. The highest BCUT2D eigenvalue weighted by molar-refractivity contribution is 5.04. The Labute approximate surface area is 83.4 Å². The zero-order valence-electron chi connectivity index (χ0n) is 8.66. The fourth-order valence-electron chi connectivity index (χ4n) is 1.76. The van der Waals surface area contributed by atoms with Crippen molar-refractivity contribution in [3.8, 4) is 0 Å². The minimum absolute atomic E-state index is 0.559. The fraction of sp³-hybridized carbons (Fsp3) is 0.778. The van der Waals surface area contributed by atoms with Crippen molar-refractivity contribution in [3.05, 3.63) is 11.4 Å². The third kappa shape index (κ3) is 2.10. The lowest BCUT2D eigenvalue weighted by Crippen LogP contribution is -2.48. The van der Waals surface area contributed by atoms with Gasteiger partial charge in [0.05, 0.1) is 0 Å². The molecule has 14 heavy (non-hydrogen) atoms. The second-order valence-electron chi connectivity index (χ2n) is 3.89. The summed E-state index contributed by atoms with van der Waals surface area (Å²) in [7, 11) is 0. The van der Waals surface area contributed by atoms with Crippen molar-refractivity contribution in [2.75, 3.05) is 19.6 Å². The van der Waals surface area contributed by atoms with Crippen LogP contribution in [0.15, 0.2) is 4.63 Å². The molecule has 5 heteroatoms. The predicted octanol–water partition coefficient (Wildman–Crippen LogP) is 0.172. The van der Waals surface area contributed by atoms with Gasteiger partial charge in [-0.3, -0.25) is 4.90 Å². The maximum absolute atomic E-state index is 4.67. The molecule has 0 saturated carbocycles. The van der Waals surface area contributed by atoms with Gasteiger partial charge in [0.25, 0.3) is 0 Å². The van der Waals surface area contributed by atoms with E-state index in [1.54, 1.807) is 0 Å². The Morgan fingerprint density at radius 3 is 3.07 bits per heavy atom. The fourth-order valence-corrected chi connectivity index (χ4v) is 1.76. The number of nitrogens with one attached hydrogen (secondary N) is 1. The van der Waals surface area contributed by atoms with Gasteiger partial charge in [0, 0.05) is 32.2 Å². The van der Waals surface area contributed by atoms with Gasteiger partial charge in [-0.1, -0.05) is 10.3 Å². The van der Waals surface area contributed by atoms with Crippen molar-refractivity contribution in [2.45, 2.75) is 26.4 Å². The molecule has 1 aliphatic heterocycles. The monoisotopic (exact) mass is 196 g/mol. The Morgan fingerprint density at radius 1 is 1.57 bits per heavy atom. The molecule has 1 aliphatic rings. The average molecular weight is 196 g/mol. The van der Waals surface area contributed by atoms with Crippen LogP contribution in [0.2, 0.25) is 0 Å². The Morgan fingerprint density at radius 2 is 2.43 bits per heavy atom. The average Bonchev–Trinajstić information content (AvgIpc) is 2.52. The summed E-state index contributed by atoms with van der Waals surface area (Å²) in [6, 6.07) is 0.559. The van der Waals surface area contributed by atoms with Crippen LogP contribution in [-0.4, -0.2) is 40.9 Å². The van der Waals surface area contributed by atoms with E-state index in [1.807, 2.05) is 6.92 Å². The molecule has 2 heterocycles. The van der Waals surface area contributed by atoms with Crippen LogP contribution in [0.3, 0.4) is 0 Å². The van der Waals surface area contributed by atoms with E-state index in [1.165, 1.54) is 0 Å². The van der Waals surface area contributed by atoms with E-state index in [2.05, 4.69) is 32.1 Å². The van der Waals surface area contributed by atoms with E-state index in [9.17, 15) is 0 Å². The Hall–Kier alpha value is -0.940. The SMILES string of the molecule is Cc1nonc1CN1CCN[C@H](C)C1. The van der Waals surface area contributed by atoms with Gasteiger partial charge in [0.1, 0.15) is 11.4 Å². The standard InChI is InChI=1S/C9H16N4O/c1-7-5-13(4-3-10-7)6-9-8(2)11-14-12-9/h7,10H,3-6H2,1-2H3/t7-/m1/s1. The lowest BCUT2D eigenvalue weighted by atomic mass is 10.2. The number of hydrogen-bond donors (Lipinski definition) is 1. The second kappa shape index (κ2) is 4.06. The van der Waals surface area contributed by atoms with Crippen molar-refractivity contribution in [3.63, 3.8) is 0 Å². The van der Waals surface area contributed by atoms with E-state index in [4.69, 9.17) is 0 Å². The Bertz CT molecular complexity index is 299. The first-order valence-corrected chi connectivity index (χ1v) is 4.99. The molecule has 0 aromatic carbocycles. The van der Waals surface area contributed by atoms with E-state index < -0.39 is 0 Å². The van der Waals surface area contributed by atoms with Crippen LogP contribution in [0.4, 0.5) is 0 Å². The maximum Gasteiger partial charge on any atom is 0.122 e. The number of piperazine rings is 1. The minimum Gasteiger partial charge on any atom is -0.312 e. The van der Waals surface area contributed by atoms with Gasteiger partial charge in [-0.15, -0.1) is 0 Å². The molecule has 0 bridgehead atoms. The molecule has 1 saturated heterocycles. The number of hydrogen-bond acceptors (Lipinski definition) is 5. The van der Waals surface area contributed by atoms with Gasteiger partial charge in [0.2, 0.25) is 0 Å². The molecule has 1 aromatic heterocycles. The van der Waals surface area contributed by atoms with Crippen molar-refractivity contribution in [1.29, 1.82) is 0 Å². The first-order valence-electron chi connectivity index (χ1n) is 4.99. The molecular formula is C9H16N4O. The van der Waals surface area contributed by atoms with Crippen molar-refractivity contribution in [2.24, 2.45) is 0 Å². The summed E-state index contributed by atoms with van der Waals surface area (Å²) in [5, 5.41) is 11.1. The third-order valence-corrected chi connectivity index (χ3v) is 2.57. The molecule has 1 N–H and O–H groups in total. The van der Waals surface area contributed by atoms with Gasteiger partial charge in [-0.05, 0) is 13.8 Å². The maximum atomic E-state index is 4.67. The highest BCUT2D eigenvalue weighted by Gasteiger charge is 2.17. The van der Waals surface area contributed by atoms with Gasteiger partial charge in [-0.25, -0.2) is 4.63 Å². The number of nitrogens with zero attached hydrogens (tertiary/aromatic N) is 3. The lowest BCUT2D eigenvalue weighted by molar-refractivity contribution is 0.193. The van der Waals surface area contributed by atoms with Crippen molar-refractivity contribution in [1.82, 2.24) is 20.5 Å². The van der Waals surface area contributed by atoms with Gasteiger partial charge < -0.3 is 5.32 Å². The molecule has 0 amide bonds. The van der Waals surface area contributed by atoms with Crippen LogP contribution in [0.5, 0.6) is 0 Å². The van der Waals surface area contributed by atoms with Crippen LogP contribution in [0.25, 0.3) is 0 Å². The van der Waals surface area contributed by atoms with Crippen LogP contribution >= 0.6 is 0 Å². The summed E-state index contributed by atoms with van der Waals surface area (Å²) in [5.41, 5.74) is 1.86. The summed E-state index contributed by atoms with van der Waals surface area (Å²) in [6.07, 6.45) is 0. The van der Waals surface area contributed by atoms with E-state index >= 15 is 0 Å². The zero-order valence-corrected chi connectivity index (χ0v) is 8.66. The van der Waals surface area contributed by atoms with Gasteiger partial charge in [0.15, 0.2) is 0 Å². The summed E-state index contributed by atoms with van der Waals surface area (Å²) in [6.45, 7) is 8.15. The highest BCUT2D eigenvalue weighted by Crippen LogP contribution is 2.07. The van der Waals surface area contributed by atoms with Crippen molar-refractivity contribution >= 4 is 0 Å². The summed E-state index contributed by atoms with van der Waals surface area (Å²) in [5.74, 6) is 0. The van der Waals surface area contributed by atoms with Gasteiger partial charge >= 0.3 is 0 Å². The number of aryl methyl sites for hydroxylation is 1. The number of rotatable bonds is 2. The van der Waals surface area contributed by atoms with Crippen LogP contribution < -0.4 is 5.32 Å². The van der Waals surface area contributed by atoms with Crippen molar-refractivity contribution < 1.29 is 4.63 Å². The normalized spacial score (nSPS) is 24.0. The van der Waals surface area contributed by atoms with E-state index in [0.717, 1.165) is 37.6 Å². The van der Waals surface area contributed by atoms with Gasteiger partial charge in [-0.2, -0.15) is 0 Å². The smallest absolute Gasteiger partial charge is 0.122 e. The highest BCUT2D eigenvalue weighted by atomic mass is 16.6. The first-order chi connectivity index (χ1) is 6.75. The third-order valence-electron chi connectivity index (χ3n) is 2.57. The molecule has 5 nitrogen and oxygen atoms in total. The molecule has 2 rings (SSSR count). The predicted molar refractivity (Wildman–Crippen MR) is 51.8 cm³/mol. The summed E-state index contributed by atoms with van der Waals surface area (Å²) in [4.78, 5) is 2.37. The summed E-state index contributed by atoms with van der Waals surface area (Å²) >= 11 is 0. The molecule has 0 aliphatic carbocycles. The second-order valence-corrected chi connectivity index (χ2v) is 3.89. The zero-order chi connectivity index (χ0) is 9.97. The van der Waals surface area contributed by atoms with Crippen LogP contribution in [-0.2, 0) is 6.54 Å². The quantitative estimate of drug-likeness (QED) is 0.731. The Kier molecular flexibility index (Phi) is 2.79. The molecule has 1 aromatic rings. The molecular weight excluding hydrogens is 180 g/mol. The minimum atomic E-state index is 0.559. The molecule has 0 spiro atoms.